The SMILES string of the molecule is COc1cc(C(=S)N2CCN(Cc3ccccc3)CC2)ccc1OCC(=O)Nc1cc(C)ccc1C. The lowest BCUT2D eigenvalue weighted by atomic mass is 10.1. The van der Waals surface area contributed by atoms with Gasteiger partial charge in [0.05, 0.1) is 7.11 Å². The fraction of sp³-hybridized carbons (Fsp3) is 0.310. The lowest BCUT2D eigenvalue weighted by Crippen LogP contribution is -2.48. The van der Waals surface area contributed by atoms with Crippen LogP contribution < -0.4 is 14.8 Å². The van der Waals surface area contributed by atoms with Gasteiger partial charge in [0.25, 0.3) is 5.91 Å². The lowest BCUT2D eigenvalue weighted by molar-refractivity contribution is -0.118. The zero-order valence-electron chi connectivity index (χ0n) is 21.1. The second-order valence-corrected chi connectivity index (χ2v) is 9.46. The number of nitrogens with one attached hydrogen (secondary N) is 1. The van der Waals surface area contributed by atoms with Crippen LogP contribution in [0.5, 0.6) is 11.5 Å². The van der Waals surface area contributed by atoms with E-state index >= 15 is 0 Å². The van der Waals surface area contributed by atoms with E-state index in [-0.39, 0.29) is 12.5 Å². The van der Waals surface area contributed by atoms with Gasteiger partial charge in [0.2, 0.25) is 0 Å². The summed E-state index contributed by atoms with van der Waals surface area (Å²) in [6.07, 6.45) is 0. The van der Waals surface area contributed by atoms with Gasteiger partial charge >= 0.3 is 0 Å². The smallest absolute Gasteiger partial charge is 0.262 e. The van der Waals surface area contributed by atoms with E-state index in [1.165, 1.54) is 5.56 Å². The number of methoxy groups -OCH3 is 1. The second kappa shape index (κ2) is 12.0. The number of ether oxygens (including phenoxy) is 2. The molecule has 0 spiro atoms. The first-order valence-electron chi connectivity index (χ1n) is 12.2. The minimum atomic E-state index is -0.223. The second-order valence-electron chi connectivity index (χ2n) is 9.07. The van der Waals surface area contributed by atoms with Crippen molar-refractivity contribution >= 4 is 28.8 Å². The van der Waals surface area contributed by atoms with Crippen LogP contribution >= 0.6 is 12.2 Å². The molecule has 1 aliphatic heterocycles. The largest absolute Gasteiger partial charge is 0.493 e. The summed E-state index contributed by atoms with van der Waals surface area (Å²) in [5.41, 5.74) is 5.12. The van der Waals surface area contributed by atoms with E-state index in [2.05, 4.69) is 39.4 Å². The maximum Gasteiger partial charge on any atom is 0.262 e. The van der Waals surface area contributed by atoms with Crippen LogP contribution in [-0.4, -0.2) is 60.6 Å². The number of anilines is 1. The van der Waals surface area contributed by atoms with E-state index in [0.29, 0.717) is 11.5 Å². The number of aryl methyl sites for hydroxylation is 2. The van der Waals surface area contributed by atoms with E-state index in [9.17, 15) is 4.79 Å². The summed E-state index contributed by atoms with van der Waals surface area (Å²) in [5.74, 6) is 0.837. The fourth-order valence-electron chi connectivity index (χ4n) is 4.25. The molecule has 188 valence electrons. The van der Waals surface area contributed by atoms with Crippen LogP contribution in [0.3, 0.4) is 0 Å². The molecule has 4 rings (SSSR count). The molecule has 3 aromatic carbocycles. The number of rotatable bonds is 8. The predicted octanol–water partition coefficient (Wildman–Crippen LogP) is 4.82. The number of carbonyl (C=O) groups excluding carboxylic acids is 1. The molecule has 3 aromatic rings. The molecule has 0 aliphatic carbocycles. The Balaban J connectivity index is 1.32. The normalized spacial score (nSPS) is 13.8. The third kappa shape index (κ3) is 6.62. The van der Waals surface area contributed by atoms with Gasteiger partial charge in [-0.2, -0.15) is 0 Å². The molecule has 1 fully saturated rings. The molecule has 1 saturated heterocycles. The monoisotopic (exact) mass is 503 g/mol. The first kappa shape index (κ1) is 25.7. The third-order valence-corrected chi connectivity index (χ3v) is 6.84. The van der Waals surface area contributed by atoms with Crippen molar-refractivity contribution in [2.45, 2.75) is 20.4 Å². The van der Waals surface area contributed by atoms with Gasteiger partial charge in [-0.05, 0) is 54.8 Å². The zero-order chi connectivity index (χ0) is 25.5. The van der Waals surface area contributed by atoms with Gasteiger partial charge < -0.3 is 19.7 Å². The number of nitrogens with zero attached hydrogens (tertiary/aromatic N) is 2. The summed E-state index contributed by atoms with van der Waals surface area (Å²) in [6.45, 7) is 8.48. The molecule has 0 bridgehead atoms. The van der Waals surface area contributed by atoms with Crippen molar-refractivity contribution in [2.75, 3.05) is 45.2 Å². The predicted molar refractivity (Wildman–Crippen MR) is 148 cm³/mol. The summed E-state index contributed by atoms with van der Waals surface area (Å²) >= 11 is 5.81. The Morgan fingerprint density at radius 2 is 1.69 bits per heavy atom. The molecule has 1 heterocycles. The number of hydrogen-bond acceptors (Lipinski definition) is 5. The number of piperazine rings is 1. The molecule has 1 amide bonds. The van der Waals surface area contributed by atoms with Crippen LogP contribution in [0.2, 0.25) is 0 Å². The molecule has 0 saturated carbocycles. The van der Waals surface area contributed by atoms with E-state index < -0.39 is 0 Å². The minimum Gasteiger partial charge on any atom is -0.493 e. The lowest BCUT2D eigenvalue weighted by Gasteiger charge is -2.36. The zero-order valence-corrected chi connectivity index (χ0v) is 21.9. The van der Waals surface area contributed by atoms with E-state index in [0.717, 1.165) is 60.1 Å². The average Bonchev–Trinajstić information content (AvgIpc) is 2.90. The summed E-state index contributed by atoms with van der Waals surface area (Å²) in [5, 5.41) is 2.91. The first-order valence-corrected chi connectivity index (χ1v) is 12.6. The van der Waals surface area contributed by atoms with Gasteiger partial charge in [0, 0.05) is 44.0 Å². The maximum absolute atomic E-state index is 12.5. The van der Waals surface area contributed by atoms with Crippen molar-refractivity contribution in [3.63, 3.8) is 0 Å². The fourth-order valence-corrected chi connectivity index (χ4v) is 4.56. The molecule has 0 unspecified atom stereocenters. The summed E-state index contributed by atoms with van der Waals surface area (Å²) < 4.78 is 11.3. The van der Waals surface area contributed by atoms with Gasteiger partial charge in [-0.1, -0.05) is 54.7 Å². The highest BCUT2D eigenvalue weighted by molar-refractivity contribution is 7.80. The highest BCUT2D eigenvalue weighted by Gasteiger charge is 2.21. The first-order chi connectivity index (χ1) is 17.4. The van der Waals surface area contributed by atoms with Gasteiger partial charge in [-0.15, -0.1) is 0 Å². The Morgan fingerprint density at radius 1 is 0.944 bits per heavy atom. The highest BCUT2D eigenvalue weighted by Crippen LogP contribution is 2.29. The van der Waals surface area contributed by atoms with Gasteiger partial charge in [0.15, 0.2) is 18.1 Å². The van der Waals surface area contributed by atoms with Crippen LogP contribution in [0.4, 0.5) is 5.69 Å². The number of benzene rings is 3. The van der Waals surface area contributed by atoms with Crippen molar-refractivity contribution < 1.29 is 14.3 Å². The molecule has 0 atom stereocenters. The van der Waals surface area contributed by atoms with Gasteiger partial charge in [-0.3, -0.25) is 9.69 Å². The number of hydrogen-bond donors (Lipinski definition) is 1. The maximum atomic E-state index is 12.5. The Hall–Kier alpha value is -3.42. The molecule has 6 nitrogen and oxygen atoms in total. The molecular weight excluding hydrogens is 470 g/mol. The van der Waals surface area contributed by atoms with Crippen molar-refractivity contribution in [3.05, 3.63) is 89.0 Å². The molecule has 0 aromatic heterocycles. The van der Waals surface area contributed by atoms with Crippen LogP contribution in [0, 0.1) is 13.8 Å². The quantitative estimate of drug-likeness (QED) is 0.445. The molecule has 0 radical (unpaired) electrons. The van der Waals surface area contributed by atoms with Crippen LogP contribution in [0.25, 0.3) is 0 Å². The van der Waals surface area contributed by atoms with E-state index in [1.54, 1.807) is 7.11 Å². The van der Waals surface area contributed by atoms with Gasteiger partial charge in [-0.25, -0.2) is 0 Å². The Bertz CT molecular complexity index is 1210. The number of amides is 1. The third-order valence-electron chi connectivity index (χ3n) is 6.35. The summed E-state index contributed by atoms with van der Waals surface area (Å²) in [6, 6.07) is 22.1. The number of carbonyl (C=O) groups is 1. The van der Waals surface area contributed by atoms with Crippen molar-refractivity contribution in [3.8, 4) is 11.5 Å². The minimum absolute atomic E-state index is 0.114. The van der Waals surface area contributed by atoms with Crippen LogP contribution in [-0.2, 0) is 11.3 Å². The Kier molecular flexibility index (Phi) is 8.57. The standard InChI is InChI=1S/C29H33N3O3S/c1-21-9-10-22(2)25(17-21)30-28(33)20-35-26-12-11-24(18-27(26)34-3)29(36)32-15-13-31(14-16-32)19-23-7-5-4-6-8-23/h4-12,17-18H,13-16,19-20H2,1-3H3,(H,30,33). The molecular formula is C29H33N3O3S. The molecule has 1 N–H and O–H groups in total. The Labute approximate surface area is 218 Å². The summed E-state index contributed by atoms with van der Waals surface area (Å²) in [4.78, 5) is 18.0. The van der Waals surface area contributed by atoms with Crippen LogP contribution in [0.1, 0.15) is 22.3 Å². The van der Waals surface area contributed by atoms with Crippen molar-refractivity contribution in [2.24, 2.45) is 0 Å². The van der Waals surface area contributed by atoms with E-state index in [4.69, 9.17) is 21.7 Å². The molecule has 36 heavy (non-hydrogen) atoms. The topological polar surface area (TPSA) is 54.0 Å². The number of thiocarbonyl (C=S) groups is 1. The molecule has 7 heteroatoms. The molecule has 1 aliphatic rings. The van der Waals surface area contributed by atoms with Crippen molar-refractivity contribution in [1.82, 2.24) is 9.80 Å². The van der Waals surface area contributed by atoms with Gasteiger partial charge in [0.1, 0.15) is 4.99 Å². The van der Waals surface area contributed by atoms with Crippen molar-refractivity contribution in [1.29, 1.82) is 0 Å². The average molecular weight is 504 g/mol. The summed E-state index contributed by atoms with van der Waals surface area (Å²) in [7, 11) is 1.59. The Morgan fingerprint density at radius 3 is 2.42 bits per heavy atom. The van der Waals surface area contributed by atoms with E-state index in [1.807, 2.05) is 56.3 Å². The van der Waals surface area contributed by atoms with Crippen LogP contribution in [0.15, 0.2) is 66.7 Å². The highest BCUT2D eigenvalue weighted by atomic mass is 32.1.